The summed E-state index contributed by atoms with van der Waals surface area (Å²) in [4.78, 5) is 2.36. The molecule has 1 aliphatic heterocycles. The van der Waals surface area contributed by atoms with E-state index in [0.717, 1.165) is 6.54 Å². The van der Waals surface area contributed by atoms with Crippen LogP contribution in [-0.2, 0) is 16.6 Å². The molecule has 0 aromatic heterocycles. The number of hydrogen-bond donors (Lipinski definition) is 0. The molecule has 2 aromatic rings. The van der Waals surface area contributed by atoms with Gasteiger partial charge in [0.2, 0.25) is 10.0 Å². The summed E-state index contributed by atoms with van der Waals surface area (Å²) in [6.45, 7) is 5.14. The summed E-state index contributed by atoms with van der Waals surface area (Å²) in [6, 6.07) is 16.7. The molecule has 5 nitrogen and oxygen atoms in total. The minimum atomic E-state index is -3.62. The van der Waals surface area contributed by atoms with Crippen LogP contribution in [0.1, 0.15) is 16.7 Å². The number of sulfonamides is 1. The summed E-state index contributed by atoms with van der Waals surface area (Å²) < 4.78 is 27.1. The van der Waals surface area contributed by atoms with Gasteiger partial charge in [0.25, 0.3) is 0 Å². The Balaban J connectivity index is 1.68. The second kappa shape index (κ2) is 7.36. The molecule has 0 aliphatic carbocycles. The van der Waals surface area contributed by atoms with Gasteiger partial charge >= 0.3 is 0 Å². The largest absolute Gasteiger partial charge is 0.296 e. The third-order valence-electron chi connectivity index (χ3n) is 4.45. The van der Waals surface area contributed by atoms with E-state index in [1.54, 1.807) is 18.2 Å². The van der Waals surface area contributed by atoms with Crippen LogP contribution in [0.5, 0.6) is 0 Å². The van der Waals surface area contributed by atoms with Crippen LogP contribution in [0.2, 0.25) is 0 Å². The van der Waals surface area contributed by atoms with Crippen molar-refractivity contribution in [3.8, 4) is 6.07 Å². The molecule has 2 aromatic carbocycles. The van der Waals surface area contributed by atoms with Crippen molar-refractivity contribution >= 4 is 10.0 Å². The van der Waals surface area contributed by atoms with E-state index in [4.69, 9.17) is 5.26 Å². The fourth-order valence-corrected chi connectivity index (χ4v) is 4.68. The molecular weight excluding hydrogens is 334 g/mol. The summed E-state index contributed by atoms with van der Waals surface area (Å²) >= 11 is 0. The van der Waals surface area contributed by atoms with Gasteiger partial charge in [-0.15, -0.1) is 0 Å². The van der Waals surface area contributed by atoms with Crippen LogP contribution in [0, 0.1) is 18.3 Å². The molecule has 1 heterocycles. The van der Waals surface area contributed by atoms with Gasteiger partial charge < -0.3 is 0 Å². The van der Waals surface area contributed by atoms with Crippen molar-refractivity contribution in [3.63, 3.8) is 0 Å². The highest BCUT2D eigenvalue weighted by Crippen LogP contribution is 2.21. The smallest absolute Gasteiger partial charge is 0.244 e. The van der Waals surface area contributed by atoms with Crippen LogP contribution in [0.4, 0.5) is 0 Å². The van der Waals surface area contributed by atoms with E-state index in [9.17, 15) is 8.42 Å². The third kappa shape index (κ3) is 3.90. The first-order chi connectivity index (χ1) is 12.0. The molecule has 130 valence electrons. The molecule has 3 rings (SSSR count). The van der Waals surface area contributed by atoms with E-state index in [0.29, 0.717) is 26.2 Å². The zero-order valence-electron chi connectivity index (χ0n) is 14.2. The number of rotatable bonds is 4. The molecule has 0 atom stereocenters. The van der Waals surface area contributed by atoms with Crippen molar-refractivity contribution in [2.75, 3.05) is 26.2 Å². The first kappa shape index (κ1) is 17.6. The van der Waals surface area contributed by atoms with Crippen LogP contribution in [-0.4, -0.2) is 43.8 Å². The quantitative estimate of drug-likeness (QED) is 0.845. The molecule has 6 heteroatoms. The van der Waals surface area contributed by atoms with Crippen LogP contribution in [0.15, 0.2) is 53.4 Å². The molecule has 0 bridgehead atoms. The highest BCUT2D eigenvalue weighted by Gasteiger charge is 2.30. The van der Waals surface area contributed by atoms with Crippen LogP contribution < -0.4 is 0 Å². The highest BCUT2D eigenvalue weighted by atomic mass is 32.2. The summed E-state index contributed by atoms with van der Waals surface area (Å²) in [5.41, 5.74) is 2.67. The van der Waals surface area contributed by atoms with Gasteiger partial charge in [-0.1, -0.05) is 42.0 Å². The van der Waals surface area contributed by atoms with Crippen molar-refractivity contribution in [2.45, 2.75) is 18.4 Å². The highest BCUT2D eigenvalue weighted by molar-refractivity contribution is 7.89. The SMILES string of the molecule is Cc1cccc(CN2CCN(S(=O)(=O)c3ccccc3C#N)CC2)c1. The van der Waals surface area contributed by atoms with E-state index in [-0.39, 0.29) is 10.5 Å². The Morgan fingerprint density at radius 1 is 1.04 bits per heavy atom. The topological polar surface area (TPSA) is 64.4 Å². The van der Waals surface area contributed by atoms with Crippen molar-refractivity contribution in [2.24, 2.45) is 0 Å². The molecule has 0 saturated carbocycles. The normalized spacial score (nSPS) is 16.5. The first-order valence-electron chi connectivity index (χ1n) is 8.28. The lowest BCUT2D eigenvalue weighted by atomic mass is 10.1. The number of nitrogens with zero attached hydrogens (tertiary/aromatic N) is 3. The average molecular weight is 355 g/mol. The van der Waals surface area contributed by atoms with Crippen molar-refractivity contribution in [1.29, 1.82) is 5.26 Å². The van der Waals surface area contributed by atoms with Crippen molar-refractivity contribution < 1.29 is 8.42 Å². The minimum absolute atomic E-state index is 0.102. The predicted molar refractivity (Wildman–Crippen MR) is 96.4 cm³/mol. The van der Waals surface area contributed by atoms with Crippen molar-refractivity contribution in [3.05, 3.63) is 65.2 Å². The average Bonchev–Trinajstić information content (AvgIpc) is 2.62. The van der Waals surface area contributed by atoms with E-state index in [1.807, 2.05) is 12.1 Å². The van der Waals surface area contributed by atoms with E-state index in [1.165, 1.54) is 21.5 Å². The Hall–Kier alpha value is -2.20. The molecule has 25 heavy (non-hydrogen) atoms. The number of piperazine rings is 1. The first-order valence-corrected chi connectivity index (χ1v) is 9.72. The number of aryl methyl sites for hydroxylation is 1. The summed E-state index contributed by atoms with van der Waals surface area (Å²) in [5, 5.41) is 9.17. The van der Waals surface area contributed by atoms with Crippen LogP contribution >= 0.6 is 0 Å². The Morgan fingerprint density at radius 2 is 1.76 bits per heavy atom. The second-order valence-corrected chi connectivity index (χ2v) is 8.18. The lowest BCUT2D eigenvalue weighted by Crippen LogP contribution is -2.48. The van der Waals surface area contributed by atoms with Gasteiger partial charge in [0.1, 0.15) is 6.07 Å². The number of nitriles is 1. The fourth-order valence-electron chi connectivity index (χ4n) is 3.12. The Bertz CT molecular complexity index is 895. The van der Waals surface area contributed by atoms with Gasteiger partial charge in [0.05, 0.1) is 10.5 Å². The van der Waals surface area contributed by atoms with E-state index in [2.05, 4.69) is 30.0 Å². The molecule has 0 amide bonds. The molecule has 0 unspecified atom stereocenters. The van der Waals surface area contributed by atoms with E-state index < -0.39 is 10.0 Å². The van der Waals surface area contributed by atoms with Gasteiger partial charge in [-0.2, -0.15) is 9.57 Å². The summed E-state index contributed by atoms with van der Waals surface area (Å²) in [7, 11) is -3.62. The Kier molecular flexibility index (Phi) is 5.19. The molecule has 1 fully saturated rings. The van der Waals surface area contributed by atoms with Gasteiger partial charge in [-0.3, -0.25) is 4.90 Å². The Morgan fingerprint density at radius 3 is 2.44 bits per heavy atom. The van der Waals surface area contributed by atoms with Gasteiger partial charge in [0, 0.05) is 32.7 Å². The van der Waals surface area contributed by atoms with Gasteiger partial charge in [-0.25, -0.2) is 8.42 Å². The molecule has 0 radical (unpaired) electrons. The lowest BCUT2D eigenvalue weighted by molar-refractivity contribution is 0.181. The van der Waals surface area contributed by atoms with Gasteiger partial charge in [0.15, 0.2) is 0 Å². The second-order valence-electron chi connectivity index (χ2n) is 6.28. The zero-order chi connectivity index (χ0) is 17.9. The molecule has 0 N–H and O–H groups in total. The summed E-state index contributed by atoms with van der Waals surface area (Å²) in [6.07, 6.45) is 0. The molecule has 1 aliphatic rings. The maximum absolute atomic E-state index is 12.8. The predicted octanol–water partition coefficient (Wildman–Crippen LogP) is 2.37. The number of hydrogen-bond acceptors (Lipinski definition) is 4. The molecular formula is C19H21N3O2S. The van der Waals surface area contributed by atoms with Crippen LogP contribution in [0.25, 0.3) is 0 Å². The maximum atomic E-state index is 12.8. The minimum Gasteiger partial charge on any atom is -0.296 e. The third-order valence-corrected chi connectivity index (χ3v) is 6.40. The maximum Gasteiger partial charge on any atom is 0.244 e. The molecule has 0 spiro atoms. The van der Waals surface area contributed by atoms with Crippen LogP contribution in [0.3, 0.4) is 0 Å². The molecule has 1 saturated heterocycles. The lowest BCUT2D eigenvalue weighted by Gasteiger charge is -2.34. The van der Waals surface area contributed by atoms with Gasteiger partial charge in [-0.05, 0) is 24.6 Å². The zero-order valence-corrected chi connectivity index (χ0v) is 15.0. The standard InChI is InChI=1S/C19H21N3O2S/c1-16-5-4-6-17(13-16)15-21-9-11-22(12-10-21)25(23,24)19-8-3-2-7-18(19)14-20/h2-8,13H,9-12,15H2,1H3. The fraction of sp³-hybridized carbons (Fsp3) is 0.316. The summed E-state index contributed by atoms with van der Waals surface area (Å²) in [5.74, 6) is 0. The number of benzene rings is 2. The van der Waals surface area contributed by atoms with Crippen molar-refractivity contribution in [1.82, 2.24) is 9.21 Å². The van der Waals surface area contributed by atoms with E-state index >= 15 is 0 Å². The Labute approximate surface area is 149 Å². The monoisotopic (exact) mass is 355 g/mol.